The van der Waals surface area contributed by atoms with Crippen LogP contribution in [-0.4, -0.2) is 7.85 Å². The molecule has 1 aliphatic heterocycles. The van der Waals surface area contributed by atoms with Crippen LogP contribution in [0.5, 0.6) is 0 Å². The van der Waals surface area contributed by atoms with Crippen molar-refractivity contribution < 1.29 is 0 Å². The molecule has 34 valence electrons. The van der Waals surface area contributed by atoms with Gasteiger partial charge >= 0.3 is 0 Å². The summed E-state index contributed by atoms with van der Waals surface area (Å²) in [7, 11) is 5.33. The maximum atomic E-state index is 5.33. The zero-order valence-corrected chi connectivity index (χ0v) is 4.02. The van der Waals surface area contributed by atoms with Gasteiger partial charge in [0.05, 0.1) is 0 Å². The molecule has 0 saturated heterocycles. The van der Waals surface area contributed by atoms with Crippen molar-refractivity contribution in [2.24, 2.45) is 0 Å². The quantitative estimate of drug-likeness (QED) is 0.428. The Bertz CT molecular complexity index is 115. The van der Waals surface area contributed by atoms with Gasteiger partial charge < -0.3 is 5.32 Å². The Hall–Kier alpha value is -0.655. The molecule has 1 rings (SSSR count). The van der Waals surface area contributed by atoms with Crippen LogP contribution in [0.25, 0.3) is 0 Å². The summed E-state index contributed by atoms with van der Waals surface area (Å²) >= 11 is 0. The third kappa shape index (κ3) is 1.11. The molecule has 1 heterocycles. The first-order valence-corrected chi connectivity index (χ1v) is 2.27. The van der Waals surface area contributed by atoms with Gasteiger partial charge in [-0.3, -0.25) is 0 Å². The molecular weight excluding hydrogens is 84.9 g/mol. The van der Waals surface area contributed by atoms with E-state index in [0.29, 0.717) is 0 Å². The van der Waals surface area contributed by atoms with Gasteiger partial charge in [-0.15, -0.1) is 0 Å². The van der Waals surface area contributed by atoms with E-state index in [9.17, 15) is 0 Å². The van der Waals surface area contributed by atoms with Crippen LogP contribution < -0.4 is 5.32 Å². The molecule has 7 heavy (non-hydrogen) atoms. The number of dihydropyridines is 1. The molecule has 0 aromatic heterocycles. The summed E-state index contributed by atoms with van der Waals surface area (Å²) in [4.78, 5) is 0. The predicted octanol–water partition coefficient (Wildman–Crippen LogP) is 0.503. The largest absolute Gasteiger partial charge is 0.375 e. The lowest BCUT2D eigenvalue weighted by Crippen LogP contribution is -2.06. The van der Waals surface area contributed by atoms with E-state index in [-0.39, 0.29) is 0 Å². The van der Waals surface area contributed by atoms with Crippen molar-refractivity contribution in [3.05, 3.63) is 23.9 Å². The second kappa shape index (κ2) is 1.87. The zero-order valence-electron chi connectivity index (χ0n) is 4.02. The molecule has 0 spiro atoms. The Morgan fingerprint density at radius 1 is 1.71 bits per heavy atom. The lowest BCUT2D eigenvalue weighted by molar-refractivity contribution is 1.08. The van der Waals surface area contributed by atoms with Crippen LogP contribution in [-0.2, 0) is 0 Å². The van der Waals surface area contributed by atoms with Gasteiger partial charge in [0, 0.05) is 0 Å². The van der Waals surface area contributed by atoms with E-state index in [1.54, 1.807) is 0 Å². The van der Waals surface area contributed by atoms with E-state index in [1.807, 2.05) is 18.4 Å². The van der Waals surface area contributed by atoms with Crippen molar-refractivity contribution in [3.8, 4) is 0 Å². The highest BCUT2D eigenvalue weighted by atomic mass is 14.8. The van der Waals surface area contributed by atoms with Gasteiger partial charge in [0.2, 0.25) is 0 Å². The molecule has 1 N–H and O–H groups in total. The van der Waals surface area contributed by atoms with E-state index < -0.39 is 0 Å². The molecule has 0 unspecified atom stereocenters. The van der Waals surface area contributed by atoms with Crippen LogP contribution in [0.1, 0.15) is 6.42 Å². The molecule has 2 heteroatoms. The average Bonchev–Trinajstić information content (AvgIpc) is 1.69. The molecule has 0 atom stereocenters. The molecule has 0 bridgehead atoms. The summed E-state index contributed by atoms with van der Waals surface area (Å²) < 4.78 is 0. The first-order valence-electron chi connectivity index (χ1n) is 2.27. The lowest BCUT2D eigenvalue weighted by Gasteiger charge is -2.02. The number of nitrogens with one attached hydrogen (secondary N) is 1. The van der Waals surface area contributed by atoms with Gasteiger partial charge in [-0.25, -0.2) is 0 Å². The lowest BCUT2D eigenvalue weighted by atomic mass is 10.0. The number of hydrogen-bond donors (Lipinski definition) is 1. The summed E-state index contributed by atoms with van der Waals surface area (Å²) in [5, 5.41) is 2.84. The van der Waals surface area contributed by atoms with Crippen molar-refractivity contribution in [2.45, 2.75) is 6.42 Å². The van der Waals surface area contributed by atoms with E-state index in [2.05, 4.69) is 5.32 Å². The monoisotopic (exact) mass is 91.1 g/mol. The molecule has 0 fully saturated rings. The standard InChI is InChI=1S/C5H6BN/c6-5-3-1-2-4-7-5/h2-4,7H,1H2. The Morgan fingerprint density at radius 3 is 2.86 bits per heavy atom. The van der Waals surface area contributed by atoms with Crippen LogP contribution in [0.15, 0.2) is 23.9 Å². The highest BCUT2D eigenvalue weighted by molar-refractivity contribution is 6.21. The third-order valence-corrected chi connectivity index (χ3v) is 0.842. The normalized spacial score (nSPS) is 18.0. The van der Waals surface area contributed by atoms with Crippen LogP contribution >= 0.6 is 0 Å². The molecule has 0 saturated carbocycles. The van der Waals surface area contributed by atoms with Crippen molar-refractivity contribution in [2.75, 3.05) is 0 Å². The van der Waals surface area contributed by atoms with Crippen molar-refractivity contribution >= 4 is 7.85 Å². The first-order chi connectivity index (χ1) is 3.39. The predicted molar refractivity (Wildman–Crippen MR) is 30.7 cm³/mol. The van der Waals surface area contributed by atoms with Gasteiger partial charge in [0.1, 0.15) is 7.85 Å². The van der Waals surface area contributed by atoms with Crippen LogP contribution in [0.4, 0.5) is 0 Å². The fraction of sp³-hybridized carbons (Fsp3) is 0.200. The smallest absolute Gasteiger partial charge is 0.137 e. The molecule has 0 aromatic rings. The molecule has 0 aromatic carbocycles. The third-order valence-electron chi connectivity index (χ3n) is 0.842. The van der Waals surface area contributed by atoms with Gasteiger partial charge in [-0.2, -0.15) is 0 Å². The maximum absolute atomic E-state index is 5.33. The maximum Gasteiger partial charge on any atom is 0.137 e. The van der Waals surface area contributed by atoms with E-state index in [4.69, 9.17) is 7.85 Å². The highest BCUT2D eigenvalue weighted by Crippen LogP contribution is 1.93. The minimum absolute atomic E-state index is 0.752. The summed E-state index contributed by atoms with van der Waals surface area (Å²) in [6, 6.07) is 0. The number of hydrogen-bond acceptors (Lipinski definition) is 1. The van der Waals surface area contributed by atoms with Crippen LogP contribution in [0.2, 0.25) is 0 Å². The molecule has 0 amide bonds. The van der Waals surface area contributed by atoms with Crippen LogP contribution in [0, 0.1) is 0 Å². The zero-order chi connectivity index (χ0) is 5.11. The SMILES string of the molecule is [B]C1=CCC=CN1. The van der Waals surface area contributed by atoms with E-state index in [0.717, 1.165) is 12.0 Å². The van der Waals surface area contributed by atoms with Crippen molar-refractivity contribution in [1.29, 1.82) is 0 Å². The second-order valence-electron chi connectivity index (χ2n) is 1.44. The van der Waals surface area contributed by atoms with Crippen molar-refractivity contribution in [1.82, 2.24) is 5.32 Å². The van der Waals surface area contributed by atoms with E-state index >= 15 is 0 Å². The summed E-state index contributed by atoms with van der Waals surface area (Å²) in [6.45, 7) is 0. The first kappa shape index (κ1) is 4.50. The molecule has 2 radical (unpaired) electrons. The number of rotatable bonds is 0. The fourth-order valence-electron chi connectivity index (χ4n) is 0.477. The molecule has 1 aliphatic rings. The van der Waals surface area contributed by atoms with Gasteiger partial charge in [-0.05, 0) is 18.2 Å². The van der Waals surface area contributed by atoms with Crippen LogP contribution in [0.3, 0.4) is 0 Å². The highest BCUT2D eigenvalue weighted by Gasteiger charge is 1.84. The van der Waals surface area contributed by atoms with Gasteiger partial charge in [0.15, 0.2) is 0 Å². The molecular formula is C5H6BN. The Kier molecular flexibility index (Phi) is 1.20. The summed E-state index contributed by atoms with van der Waals surface area (Å²) in [5.74, 6) is 0. The fourth-order valence-corrected chi connectivity index (χ4v) is 0.477. The molecule has 1 nitrogen and oxygen atoms in total. The summed E-state index contributed by atoms with van der Waals surface area (Å²) in [5.41, 5.74) is 0.752. The van der Waals surface area contributed by atoms with Crippen molar-refractivity contribution in [3.63, 3.8) is 0 Å². The Labute approximate surface area is 44.5 Å². The van der Waals surface area contributed by atoms with Gasteiger partial charge in [0.25, 0.3) is 0 Å². The minimum Gasteiger partial charge on any atom is -0.375 e. The topological polar surface area (TPSA) is 12.0 Å². The average molecular weight is 90.9 g/mol. The minimum atomic E-state index is 0.752. The Balaban J connectivity index is 2.50. The second-order valence-corrected chi connectivity index (χ2v) is 1.44. The summed E-state index contributed by atoms with van der Waals surface area (Å²) in [6.07, 6.45) is 6.74. The molecule has 0 aliphatic carbocycles. The number of allylic oxidation sites excluding steroid dienone is 2. The van der Waals surface area contributed by atoms with E-state index in [1.165, 1.54) is 0 Å². The Morgan fingerprint density at radius 2 is 2.57 bits per heavy atom. The van der Waals surface area contributed by atoms with Gasteiger partial charge in [-0.1, -0.05) is 12.2 Å².